The van der Waals surface area contributed by atoms with Crippen molar-refractivity contribution in [3.05, 3.63) is 41.5 Å². The molecule has 2 aliphatic heterocycles. The Hall–Kier alpha value is -2.41. The molecule has 4 rings (SSSR count). The van der Waals surface area contributed by atoms with Gasteiger partial charge in [0.05, 0.1) is 13.1 Å². The van der Waals surface area contributed by atoms with Gasteiger partial charge in [0.2, 0.25) is 0 Å². The molecule has 7 nitrogen and oxygen atoms in total. The van der Waals surface area contributed by atoms with Gasteiger partial charge in [-0.05, 0) is 56.5 Å². The number of carbonyl (C=O) groups excluding carboxylic acids is 1. The molecule has 28 heavy (non-hydrogen) atoms. The van der Waals surface area contributed by atoms with Gasteiger partial charge >= 0.3 is 6.03 Å². The predicted octanol–water partition coefficient (Wildman–Crippen LogP) is 3.26. The Labute approximate surface area is 166 Å². The Balaban J connectivity index is 1.42. The molecule has 0 bridgehead atoms. The molecular weight excluding hydrogens is 352 g/mol. The summed E-state index contributed by atoms with van der Waals surface area (Å²) >= 11 is 0. The fourth-order valence-corrected chi connectivity index (χ4v) is 4.10. The average Bonchev–Trinajstić information content (AvgIpc) is 2.96. The number of hydrogen-bond donors (Lipinski definition) is 1. The second-order valence-corrected chi connectivity index (χ2v) is 7.78. The number of aromatic nitrogens is 3. The van der Waals surface area contributed by atoms with E-state index in [0.717, 1.165) is 62.9 Å². The molecule has 150 valence electrons. The molecular formula is C21H30N6O. The van der Waals surface area contributed by atoms with Crippen molar-refractivity contribution in [2.45, 2.75) is 58.7 Å². The van der Waals surface area contributed by atoms with Crippen LogP contribution < -0.4 is 5.32 Å². The molecule has 1 saturated heterocycles. The molecule has 2 aromatic rings. The lowest BCUT2D eigenvalue weighted by molar-refractivity contribution is 0.209. The molecule has 1 fully saturated rings. The lowest BCUT2D eigenvalue weighted by Gasteiger charge is -2.25. The molecule has 1 aromatic heterocycles. The van der Waals surface area contributed by atoms with Crippen LogP contribution in [0.3, 0.4) is 0 Å². The summed E-state index contributed by atoms with van der Waals surface area (Å²) < 4.78 is 2.22. The first-order valence-corrected chi connectivity index (χ1v) is 10.5. The van der Waals surface area contributed by atoms with Gasteiger partial charge in [0.25, 0.3) is 0 Å². The fourth-order valence-electron chi connectivity index (χ4n) is 4.10. The van der Waals surface area contributed by atoms with Crippen molar-refractivity contribution in [1.29, 1.82) is 0 Å². The van der Waals surface area contributed by atoms with Crippen molar-refractivity contribution < 1.29 is 4.79 Å². The van der Waals surface area contributed by atoms with E-state index < -0.39 is 0 Å². The number of amides is 2. The Morgan fingerprint density at radius 2 is 1.93 bits per heavy atom. The van der Waals surface area contributed by atoms with Crippen molar-refractivity contribution in [2.75, 3.05) is 25.0 Å². The van der Waals surface area contributed by atoms with E-state index in [0.29, 0.717) is 6.54 Å². The largest absolute Gasteiger partial charge is 0.322 e. The van der Waals surface area contributed by atoms with E-state index in [1.54, 1.807) is 0 Å². The number of nitrogens with one attached hydrogen (secondary N) is 1. The Kier molecular flexibility index (Phi) is 5.90. The van der Waals surface area contributed by atoms with Crippen LogP contribution >= 0.6 is 0 Å². The maximum atomic E-state index is 12.8. The number of piperidine rings is 1. The predicted molar refractivity (Wildman–Crippen MR) is 109 cm³/mol. The highest BCUT2D eigenvalue weighted by Crippen LogP contribution is 2.18. The minimum Gasteiger partial charge on any atom is -0.317 e. The van der Waals surface area contributed by atoms with Crippen molar-refractivity contribution in [3.63, 3.8) is 0 Å². The van der Waals surface area contributed by atoms with Gasteiger partial charge in [-0.15, -0.1) is 10.2 Å². The van der Waals surface area contributed by atoms with Crippen LogP contribution in [0.15, 0.2) is 24.3 Å². The topological polar surface area (TPSA) is 66.3 Å². The van der Waals surface area contributed by atoms with Gasteiger partial charge in [-0.1, -0.05) is 25.5 Å². The molecule has 0 radical (unpaired) electrons. The van der Waals surface area contributed by atoms with Crippen LogP contribution in [0.2, 0.25) is 0 Å². The van der Waals surface area contributed by atoms with Crippen LogP contribution in [0.1, 0.15) is 49.8 Å². The zero-order valence-electron chi connectivity index (χ0n) is 16.7. The standard InChI is InChI=1S/C21H30N6O/c1-2-17-8-6-9-18(14-17)22-21(28)26-12-7-13-27-19(23-24-20(27)16-26)15-25-10-4-3-5-11-25/h6,8-9,14H,2-5,7,10-13,15-16H2,1H3,(H,22,28). The number of carbonyl (C=O) groups is 1. The molecule has 0 spiro atoms. The van der Waals surface area contributed by atoms with Gasteiger partial charge < -0.3 is 14.8 Å². The molecule has 2 amide bonds. The third kappa shape index (κ3) is 4.35. The normalized spacial score (nSPS) is 17.8. The van der Waals surface area contributed by atoms with Gasteiger partial charge in [0.15, 0.2) is 5.82 Å². The van der Waals surface area contributed by atoms with E-state index in [9.17, 15) is 4.79 Å². The van der Waals surface area contributed by atoms with Crippen molar-refractivity contribution in [2.24, 2.45) is 0 Å². The van der Waals surface area contributed by atoms with E-state index in [4.69, 9.17) is 0 Å². The first kappa shape index (κ1) is 18.9. The summed E-state index contributed by atoms with van der Waals surface area (Å²) in [5.74, 6) is 1.93. The van der Waals surface area contributed by atoms with Crippen molar-refractivity contribution >= 4 is 11.7 Å². The number of aryl methyl sites for hydroxylation is 1. The van der Waals surface area contributed by atoms with E-state index in [2.05, 4.69) is 38.0 Å². The summed E-state index contributed by atoms with van der Waals surface area (Å²) in [6.07, 6.45) is 5.75. The van der Waals surface area contributed by atoms with Crippen LogP contribution in [-0.4, -0.2) is 50.2 Å². The van der Waals surface area contributed by atoms with E-state index in [-0.39, 0.29) is 6.03 Å². The molecule has 0 aliphatic carbocycles. The zero-order valence-corrected chi connectivity index (χ0v) is 16.7. The van der Waals surface area contributed by atoms with Crippen molar-refractivity contribution in [1.82, 2.24) is 24.6 Å². The minimum absolute atomic E-state index is 0.0673. The number of fused-ring (bicyclic) bond motifs is 1. The fraction of sp³-hybridized carbons (Fsp3) is 0.571. The molecule has 1 N–H and O–H groups in total. The third-order valence-electron chi connectivity index (χ3n) is 5.73. The Morgan fingerprint density at radius 1 is 1.07 bits per heavy atom. The zero-order chi connectivity index (χ0) is 19.3. The highest BCUT2D eigenvalue weighted by Gasteiger charge is 2.24. The first-order chi connectivity index (χ1) is 13.7. The molecule has 0 atom stereocenters. The maximum absolute atomic E-state index is 12.8. The SMILES string of the molecule is CCc1cccc(NC(=O)N2CCCn3c(CN4CCCCC4)nnc3C2)c1. The molecule has 0 saturated carbocycles. The van der Waals surface area contributed by atoms with Crippen LogP contribution in [0.4, 0.5) is 10.5 Å². The number of rotatable bonds is 4. The second-order valence-electron chi connectivity index (χ2n) is 7.78. The number of hydrogen-bond acceptors (Lipinski definition) is 4. The van der Waals surface area contributed by atoms with Crippen LogP contribution in [0.25, 0.3) is 0 Å². The van der Waals surface area contributed by atoms with Gasteiger partial charge in [-0.2, -0.15) is 0 Å². The average molecular weight is 383 g/mol. The summed E-state index contributed by atoms with van der Waals surface area (Å²) in [5, 5.41) is 11.9. The summed E-state index contributed by atoms with van der Waals surface area (Å²) in [4.78, 5) is 17.1. The summed E-state index contributed by atoms with van der Waals surface area (Å²) in [6, 6.07) is 7.97. The van der Waals surface area contributed by atoms with Crippen LogP contribution in [-0.2, 0) is 26.1 Å². The highest BCUT2D eigenvalue weighted by molar-refractivity contribution is 5.89. The summed E-state index contributed by atoms with van der Waals surface area (Å²) in [7, 11) is 0. The molecule has 1 aromatic carbocycles. The smallest absolute Gasteiger partial charge is 0.317 e. The Morgan fingerprint density at radius 3 is 2.75 bits per heavy atom. The summed E-state index contributed by atoms with van der Waals surface area (Å²) in [6.45, 7) is 7.38. The number of likely N-dealkylation sites (tertiary alicyclic amines) is 1. The maximum Gasteiger partial charge on any atom is 0.322 e. The highest BCUT2D eigenvalue weighted by atomic mass is 16.2. The monoisotopic (exact) mass is 382 g/mol. The lowest BCUT2D eigenvalue weighted by atomic mass is 10.1. The number of benzene rings is 1. The number of anilines is 1. The van der Waals surface area contributed by atoms with E-state index in [1.165, 1.54) is 24.8 Å². The first-order valence-electron chi connectivity index (χ1n) is 10.5. The quantitative estimate of drug-likeness (QED) is 0.881. The number of urea groups is 1. The Bertz CT molecular complexity index is 811. The van der Waals surface area contributed by atoms with Crippen molar-refractivity contribution in [3.8, 4) is 0 Å². The third-order valence-corrected chi connectivity index (χ3v) is 5.73. The molecule has 7 heteroatoms. The van der Waals surface area contributed by atoms with E-state index in [1.807, 2.05) is 23.1 Å². The molecule has 0 unspecified atom stereocenters. The van der Waals surface area contributed by atoms with Gasteiger partial charge in [0.1, 0.15) is 5.82 Å². The lowest BCUT2D eigenvalue weighted by Crippen LogP contribution is -2.34. The number of nitrogens with zero attached hydrogens (tertiary/aromatic N) is 5. The second kappa shape index (κ2) is 8.73. The van der Waals surface area contributed by atoms with Gasteiger partial charge in [-0.3, -0.25) is 4.90 Å². The molecule has 2 aliphatic rings. The summed E-state index contributed by atoms with van der Waals surface area (Å²) in [5.41, 5.74) is 2.07. The van der Waals surface area contributed by atoms with E-state index >= 15 is 0 Å². The van der Waals surface area contributed by atoms with Gasteiger partial charge in [0, 0.05) is 18.8 Å². The van der Waals surface area contributed by atoms with Gasteiger partial charge in [-0.25, -0.2) is 4.79 Å². The minimum atomic E-state index is -0.0673. The molecule has 3 heterocycles. The van der Waals surface area contributed by atoms with Crippen LogP contribution in [0, 0.1) is 0 Å². The van der Waals surface area contributed by atoms with Crippen LogP contribution in [0.5, 0.6) is 0 Å².